The fourth-order valence-corrected chi connectivity index (χ4v) is 5.26. The van der Waals surface area contributed by atoms with Crippen LogP contribution < -0.4 is 4.72 Å². The lowest BCUT2D eigenvalue weighted by Crippen LogP contribution is -2.39. The first-order chi connectivity index (χ1) is 15.2. The second kappa shape index (κ2) is 10.0. The van der Waals surface area contributed by atoms with Crippen molar-refractivity contribution < 1.29 is 32.6 Å². The molecule has 0 spiro atoms. The number of carboxylic acid groups (broad SMARTS) is 1. The van der Waals surface area contributed by atoms with Crippen molar-refractivity contribution >= 4 is 16.0 Å². The smallest absolute Gasteiger partial charge is 0.303 e. The number of hydrogen-bond donors (Lipinski definition) is 2. The molecule has 0 saturated carbocycles. The van der Waals surface area contributed by atoms with Gasteiger partial charge in [-0.3, -0.25) is 4.79 Å². The van der Waals surface area contributed by atoms with E-state index >= 15 is 0 Å². The number of nitrogens with one attached hydrogen (secondary N) is 1. The largest absolute Gasteiger partial charge is 0.481 e. The van der Waals surface area contributed by atoms with Gasteiger partial charge in [-0.05, 0) is 78.6 Å². The summed E-state index contributed by atoms with van der Waals surface area (Å²) in [5, 5.41) is 18.7. The first-order valence-electron chi connectivity index (χ1n) is 10.0. The van der Waals surface area contributed by atoms with Crippen LogP contribution in [0.25, 0.3) is 0 Å². The summed E-state index contributed by atoms with van der Waals surface area (Å²) in [6, 6.07) is 7.85. The molecule has 9 nitrogen and oxygen atoms in total. The van der Waals surface area contributed by atoms with Crippen molar-refractivity contribution in [2.45, 2.75) is 49.5 Å². The molecular weight excluding hydrogens is 443 g/mol. The molecule has 1 aliphatic rings. The minimum absolute atomic E-state index is 0.0204. The topological polar surface area (TPSA) is 136 Å². The quantitative estimate of drug-likeness (QED) is 0.405. The Morgan fingerprint density at radius 2 is 1.94 bits per heavy atom. The Balaban J connectivity index is 1.79. The zero-order valence-electron chi connectivity index (χ0n) is 17.1. The molecule has 1 atom stereocenters. The molecular formula is C21H23FN2O7S. The lowest BCUT2D eigenvalue weighted by molar-refractivity contribution is -0.757. The molecule has 0 fully saturated rings. The Kier molecular flexibility index (Phi) is 7.41. The van der Waals surface area contributed by atoms with Gasteiger partial charge in [-0.25, -0.2) is 17.5 Å². The molecule has 0 aromatic heterocycles. The zero-order valence-corrected chi connectivity index (χ0v) is 17.9. The maximum Gasteiger partial charge on any atom is 0.303 e. The van der Waals surface area contributed by atoms with E-state index in [1.54, 1.807) is 6.07 Å². The van der Waals surface area contributed by atoms with Gasteiger partial charge < -0.3 is 9.94 Å². The van der Waals surface area contributed by atoms with E-state index in [-0.39, 0.29) is 36.8 Å². The Morgan fingerprint density at radius 3 is 2.59 bits per heavy atom. The van der Waals surface area contributed by atoms with Gasteiger partial charge in [-0.2, -0.15) is 0 Å². The van der Waals surface area contributed by atoms with E-state index in [4.69, 9.17) is 5.11 Å². The SMILES string of the molecule is O=C(O)CCc1c(CCO[N+](=O)[O-])ccc2c1CCC(NS(=O)(=O)c1ccc(F)cc1)C2. The molecule has 0 aliphatic heterocycles. The van der Waals surface area contributed by atoms with Crippen LogP contribution in [-0.2, 0) is 45.3 Å². The van der Waals surface area contributed by atoms with Crippen LogP contribution in [0, 0.1) is 15.9 Å². The van der Waals surface area contributed by atoms with E-state index in [0.717, 1.165) is 34.4 Å². The van der Waals surface area contributed by atoms with E-state index in [1.165, 1.54) is 12.1 Å². The average Bonchev–Trinajstić information content (AvgIpc) is 2.72. The monoisotopic (exact) mass is 466 g/mol. The zero-order chi connectivity index (χ0) is 23.3. The second-order valence-electron chi connectivity index (χ2n) is 7.56. The highest BCUT2D eigenvalue weighted by Crippen LogP contribution is 2.29. The van der Waals surface area contributed by atoms with Gasteiger partial charge in [0.05, 0.1) is 4.90 Å². The summed E-state index contributed by atoms with van der Waals surface area (Å²) < 4.78 is 41.0. The van der Waals surface area contributed by atoms with Gasteiger partial charge in [0.2, 0.25) is 10.0 Å². The van der Waals surface area contributed by atoms with Crippen LogP contribution in [0.15, 0.2) is 41.3 Å². The summed E-state index contributed by atoms with van der Waals surface area (Å²) >= 11 is 0. The van der Waals surface area contributed by atoms with Crippen LogP contribution in [0.4, 0.5) is 4.39 Å². The highest BCUT2D eigenvalue weighted by molar-refractivity contribution is 7.89. The number of carbonyl (C=O) groups is 1. The lowest BCUT2D eigenvalue weighted by Gasteiger charge is -2.28. The number of nitrogens with zero attached hydrogens (tertiary/aromatic N) is 1. The Hall–Kier alpha value is -3.05. The maximum absolute atomic E-state index is 13.1. The number of benzene rings is 2. The third-order valence-corrected chi connectivity index (χ3v) is 6.97. The predicted molar refractivity (Wildman–Crippen MR) is 112 cm³/mol. The van der Waals surface area contributed by atoms with Crippen molar-refractivity contribution in [1.29, 1.82) is 0 Å². The summed E-state index contributed by atoms with van der Waals surface area (Å²) in [6.07, 6.45) is 1.91. The van der Waals surface area contributed by atoms with E-state index < -0.39 is 26.9 Å². The fraction of sp³-hybridized carbons (Fsp3) is 0.381. The second-order valence-corrected chi connectivity index (χ2v) is 9.27. The van der Waals surface area contributed by atoms with Crippen LogP contribution in [0.3, 0.4) is 0 Å². The maximum atomic E-state index is 13.1. The van der Waals surface area contributed by atoms with Crippen molar-refractivity contribution in [3.8, 4) is 0 Å². The third-order valence-electron chi connectivity index (χ3n) is 5.44. The molecule has 2 aromatic rings. The molecule has 32 heavy (non-hydrogen) atoms. The van der Waals surface area contributed by atoms with E-state index in [0.29, 0.717) is 19.3 Å². The molecule has 0 heterocycles. The summed E-state index contributed by atoms with van der Waals surface area (Å²) in [5.74, 6) is -1.47. The molecule has 0 radical (unpaired) electrons. The average molecular weight is 466 g/mol. The predicted octanol–water partition coefficient (Wildman–Crippen LogP) is 2.43. The molecule has 2 N–H and O–H groups in total. The van der Waals surface area contributed by atoms with Crippen LogP contribution >= 0.6 is 0 Å². The molecule has 172 valence electrons. The molecule has 0 bridgehead atoms. The van der Waals surface area contributed by atoms with Gasteiger partial charge in [-0.15, -0.1) is 10.1 Å². The molecule has 0 saturated heterocycles. The van der Waals surface area contributed by atoms with Crippen LogP contribution in [-0.4, -0.2) is 37.2 Å². The molecule has 1 unspecified atom stereocenters. The van der Waals surface area contributed by atoms with E-state index in [9.17, 15) is 27.7 Å². The first kappa shape index (κ1) is 23.6. The summed E-state index contributed by atoms with van der Waals surface area (Å²) in [4.78, 5) is 25.9. The minimum atomic E-state index is -3.81. The minimum Gasteiger partial charge on any atom is -0.481 e. The van der Waals surface area contributed by atoms with Crippen molar-refractivity contribution in [1.82, 2.24) is 4.72 Å². The molecule has 0 amide bonds. The van der Waals surface area contributed by atoms with Crippen LogP contribution in [0.1, 0.15) is 35.1 Å². The summed E-state index contributed by atoms with van der Waals surface area (Å²) in [5.41, 5.74) is 3.48. The fourth-order valence-electron chi connectivity index (χ4n) is 3.99. The van der Waals surface area contributed by atoms with Gasteiger partial charge >= 0.3 is 5.97 Å². The van der Waals surface area contributed by atoms with E-state index in [2.05, 4.69) is 9.56 Å². The normalized spacial score (nSPS) is 15.7. The highest BCUT2D eigenvalue weighted by atomic mass is 32.2. The van der Waals surface area contributed by atoms with Gasteiger partial charge in [0.25, 0.3) is 5.09 Å². The molecule has 3 rings (SSSR count). The van der Waals surface area contributed by atoms with Gasteiger partial charge in [0, 0.05) is 12.5 Å². The number of rotatable bonds is 10. The standard InChI is InChI=1S/C21H23FN2O7S/c22-16-3-6-18(7-4-16)32(29,30)23-17-5-8-20-15(13-17)2-1-14(11-12-31-24(27)28)19(20)9-10-21(25)26/h1-4,6-7,17,23H,5,8-13H2,(H,25,26). The lowest BCUT2D eigenvalue weighted by atomic mass is 9.82. The number of fused-ring (bicyclic) bond motifs is 1. The number of carboxylic acids is 1. The summed E-state index contributed by atoms with van der Waals surface area (Å²) in [7, 11) is -3.81. The van der Waals surface area contributed by atoms with Crippen molar-refractivity contribution in [3.63, 3.8) is 0 Å². The van der Waals surface area contributed by atoms with Crippen molar-refractivity contribution in [3.05, 3.63) is 74.6 Å². The Labute approximate surface area is 184 Å². The van der Waals surface area contributed by atoms with Crippen molar-refractivity contribution in [2.75, 3.05) is 6.61 Å². The Bertz CT molecular complexity index is 1100. The molecule has 1 aliphatic carbocycles. The van der Waals surface area contributed by atoms with Crippen LogP contribution in [0.2, 0.25) is 0 Å². The van der Waals surface area contributed by atoms with Gasteiger partial charge in [0.1, 0.15) is 12.4 Å². The number of aliphatic carboxylic acids is 1. The van der Waals surface area contributed by atoms with E-state index in [1.807, 2.05) is 6.07 Å². The first-order valence-corrected chi connectivity index (χ1v) is 11.5. The van der Waals surface area contributed by atoms with Gasteiger partial charge in [0.15, 0.2) is 0 Å². The molecule has 11 heteroatoms. The third kappa shape index (κ3) is 6.01. The van der Waals surface area contributed by atoms with Gasteiger partial charge in [-0.1, -0.05) is 12.1 Å². The number of halogens is 1. The Morgan fingerprint density at radius 1 is 1.22 bits per heavy atom. The van der Waals surface area contributed by atoms with Crippen LogP contribution in [0.5, 0.6) is 0 Å². The van der Waals surface area contributed by atoms with Crippen molar-refractivity contribution in [2.24, 2.45) is 0 Å². The number of hydrogen-bond acceptors (Lipinski definition) is 6. The summed E-state index contributed by atoms with van der Waals surface area (Å²) in [6.45, 7) is -0.133. The number of sulfonamides is 1. The molecule has 2 aromatic carbocycles. The highest BCUT2D eigenvalue weighted by Gasteiger charge is 2.26.